The maximum absolute atomic E-state index is 14.1. The van der Waals surface area contributed by atoms with E-state index in [1.54, 1.807) is 0 Å². The van der Waals surface area contributed by atoms with Crippen LogP contribution in [0.2, 0.25) is 0 Å². The summed E-state index contributed by atoms with van der Waals surface area (Å²) in [6, 6.07) is 60.0. The number of fused-ring (bicyclic) bond motifs is 6. The van der Waals surface area contributed by atoms with Crippen molar-refractivity contribution in [2.75, 3.05) is 0 Å². The fourth-order valence-electron chi connectivity index (χ4n) is 8.38. The van der Waals surface area contributed by atoms with Crippen LogP contribution in [0.3, 0.4) is 0 Å². The van der Waals surface area contributed by atoms with Crippen molar-refractivity contribution in [2.45, 2.75) is 6.18 Å². The van der Waals surface area contributed by atoms with Crippen molar-refractivity contribution in [2.24, 2.45) is 0 Å². The molecule has 0 amide bonds. The zero-order valence-electron chi connectivity index (χ0n) is 30.7. The van der Waals surface area contributed by atoms with Crippen LogP contribution in [0.1, 0.15) is 16.7 Å². The van der Waals surface area contributed by atoms with Gasteiger partial charge in [0.2, 0.25) is 0 Å². The van der Waals surface area contributed by atoms with Gasteiger partial charge in [0, 0.05) is 32.7 Å². The number of nitriles is 2. The lowest BCUT2D eigenvalue weighted by molar-refractivity contribution is -0.137. The van der Waals surface area contributed by atoms with Crippen molar-refractivity contribution >= 4 is 43.6 Å². The maximum Gasteiger partial charge on any atom is 0.416 e. The third-order valence-corrected chi connectivity index (χ3v) is 11.0. The van der Waals surface area contributed by atoms with Crippen LogP contribution in [0.25, 0.3) is 88.4 Å². The Bertz CT molecular complexity index is 3340. The minimum atomic E-state index is -4.65. The first-order valence-electron chi connectivity index (χ1n) is 18.7. The van der Waals surface area contributed by atoms with Gasteiger partial charge < -0.3 is 9.13 Å². The highest BCUT2D eigenvalue weighted by Gasteiger charge is 2.32. The Hall–Kier alpha value is -7.87. The monoisotopic (exact) mass is 754 g/mol. The Balaban J connectivity index is 1.34. The molecule has 0 aliphatic rings. The van der Waals surface area contributed by atoms with Gasteiger partial charge in [-0.05, 0) is 70.8 Å². The van der Waals surface area contributed by atoms with Gasteiger partial charge in [-0.25, -0.2) is 0 Å². The molecule has 0 spiro atoms. The Morgan fingerprint density at radius 2 is 0.862 bits per heavy atom. The molecule has 10 aromatic rings. The molecule has 0 radical (unpaired) electrons. The highest BCUT2D eigenvalue weighted by molar-refractivity contribution is 6.12. The standard InChI is InChI=1S/C51H29F3N4/c52-51(53,54)38-21-24-39(36(25-38)30-55)44-29-47(57-45-17-9-7-15-40(45)42-22-19-34(26-48(42)57)32-11-3-1-4-12-32)37(31-56)28-50(44)58-46-18-10-8-16-41(46)43-23-20-35(27-49(43)58)33-13-5-2-6-14-33/h1-29H. The van der Waals surface area contributed by atoms with Crippen LogP contribution < -0.4 is 0 Å². The predicted molar refractivity (Wildman–Crippen MR) is 226 cm³/mol. The van der Waals surface area contributed by atoms with Crippen LogP contribution in [-0.4, -0.2) is 9.13 Å². The second-order valence-electron chi connectivity index (χ2n) is 14.3. The smallest absolute Gasteiger partial charge is 0.309 e. The molecule has 4 nitrogen and oxygen atoms in total. The average molecular weight is 755 g/mol. The van der Waals surface area contributed by atoms with Crippen LogP contribution in [0.15, 0.2) is 176 Å². The van der Waals surface area contributed by atoms with E-state index in [0.29, 0.717) is 28.1 Å². The van der Waals surface area contributed by atoms with Crippen LogP contribution in [-0.2, 0) is 6.18 Å². The molecule has 2 heterocycles. The van der Waals surface area contributed by atoms with Gasteiger partial charge in [-0.2, -0.15) is 23.7 Å². The molecule has 10 rings (SSSR count). The summed E-state index contributed by atoms with van der Waals surface area (Å²) in [5, 5.41) is 25.5. The fourth-order valence-corrected chi connectivity index (χ4v) is 8.38. The average Bonchev–Trinajstić information content (AvgIpc) is 3.78. The van der Waals surface area contributed by atoms with E-state index in [4.69, 9.17) is 0 Å². The summed E-state index contributed by atoms with van der Waals surface area (Å²) >= 11 is 0. The molecule has 0 unspecified atom stereocenters. The molecule has 0 atom stereocenters. The SMILES string of the molecule is N#Cc1cc(C(F)(F)F)ccc1-c1cc(-n2c3ccccc3c3ccc(-c4ccccc4)cc32)c(C#N)cc1-n1c2ccccc2c2ccc(-c3ccccc3)cc21. The molecule has 8 aromatic carbocycles. The van der Waals surface area contributed by atoms with Crippen LogP contribution >= 0.6 is 0 Å². The van der Waals surface area contributed by atoms with Gasteiger partial charge in [0.15, 0.2) is 0 Å². The maximum atomic E-state index is 14.1. The second-order valence-corrected chi connectivity index (χ2v) is 14.3. The van der Waals surface area contributed by atoms with E-state index < -0.39 is 11.7 Å². The van der Waals surface area contributed by atoms with E-state index >= 15 is 0 Å². The van der Waals surface area contributed by atoms with Crippen molar-refractivity contribution in [3.05, 3.63) is 193 Å². The summed E-state index contributed by atoms with van der Waals surface area (Å²) in [4.78, 5) is 0. The zero-order valence-corrected chi connectivity index (χ0v) is 30.7. The van der Waals surface area contributed by atoms with Crippen LogP contribution in [0.5, 0.6) is 0 Å². The number of hydrogen-bond acceptors (Lipinski definition) is 2. The van der Waals surface area contributed by atoms with E-state index in [1.165, 1.54) is 6.07 Å². The largest absolute Gasteiger partial charge is 0.416 e. The van der Waals surface area contributed by atoms with Gasteiger partial charge in [0.05, 0.1) is 56.2 Å². The minimum absolute atomic E-state index is 0.133. The molecular weight excluding hydrogens is 726 g/mol. The molecule has 0 saturated heterocycles. The van der Waals surface area contributed by atoms with E-state index in [1.807, 2.05) is 121 Å². The van der Waals surface area contributed by atoms with Gasteiger partial charge in [0.25, 0.3) is 0 Å². The van der Waals surface area contributed by atoms with Gasteiger partial charge in [-0.3, -0.25) is 0 Å². The van der Waals surface area contributed by atoms with Crippen molar-refractivity contribution < 1.29 is 13.2 Å². The number of halogens is 3. The lowest BCUT2D eigenvalue weighted by Crippen LogP contribution is -2.07. The third kappa shape index (κ3) is 5.52. The van der Waals surface area contributed by atoms with Crippen LogP contribution in [0, 0.1) is 22.7 Å². The first-order valence-corrected chi connectivity index (χ1v) is 18.7. The van der Waals surface area contributed by atoms with E-state index in [9.17, 15) is 23.7 Å². The lowest BCUT2D eigenvalue weighted by Gasteiger charge is -2.20. The van der Waals surface area contributed by atoms with Gasteiger partial charge in [0.1, 0.15) is 6.07 Å². The van der Waals surface area contributed by atoms with Gasteiger partial charge >= 0.3 is 6.18 Å². The molecule has 2 aromatic heterocycles. The first kappa shape index (κ1) is 34.6. The number of para-hydroxylation sites is 2. The van der Waals surface area contributed by atoms with E-state index in [-0.39, 0.29) is 5.56 Å². The van der Waals surface area contributed by atoms with Crippen molar-refractivity contribution in [3.63, 3.8) is 0 Å². The quantitative estimate of drug-likeness (QED) is 0.176. The van der Waals surface area contributed by atoms with Crippen molar-refractivity contribution in [1.29, 1.82) is 10.5 Å². The molecule has 0 aliphatic heterocycles. The van der Waals surface area contributed by atoms with E-state index in [2.05, 4.69) is 57.7 Å². The normalized spacial score (nSPS) is 11.7. The fraction of sp³-hybridized carbons (Fsp3) is 0.0196. The highest BCUT2D eigenvalue weighted by Crippen LogP contribution is 2.43. The number of alkyl halides is 3. The van der Waals surface area contributed by atoms with Crippen molar-refractivity contribution in [3.8, 4) is 56.9 Å². The van der Waals surface area contributed by atoms with Gasteiger partial charge in [-0.15, -0.1) is 0 Å². The van der Waals surface area contributed by atoms with Gasteiger partial charge in [-0.1, -0.05) is 127 Å². The molecule has 58 heavy (non-hydrogen) atoms. The van der Waals surface area contributed by atoms with Crippen LogP contribution in [0.4, 0.5) is 13.2 Å². The zero-order chi connectivity index (χ0) is 39.5. The summed E-state index contributed by atoms with van der Waals surface area (Å²) in [5.41, 5.74) is 8.61. The number of nitrogens with zero attached hydrogens (tertiary/aromatic N) is 4. The lowest BCUT2D eigenvalue weighted by atomic mass is 9.94. The summed E-state index contributed by atoms with van der Waals surface area (Å²) < 4.78 is 46.5. The molecule has 0 fully saturated rings. The first-order chi connectivity index (χ1) is 28.3. The highest BCUT2D eigenvalue weighted by atomic mass is 19.4. The van der Waals surface area contributed by atoms with E-state index in [0.717, 1.165) is 78.0 Å². The molecule has 7 heteroatoms. The number of hydrogen-bond donors (Lipinski definition) is 0. The summed E-state index contributed by atoms with van der Waals surface area (Å²) in [7, 11) is 0. The molecule has 0 N–H and O–H groups in total. The molecule has 0 saturated carbocycles. The topological polar surface area (TPSA) is 57.4 Å². The number of aromatic nitrogens is 2. The summed E-state index contributed by atoms with van der Waals surface area (Å²) in [5.74, 6) is 0. The minimum Gasteiger partial charge on any atom is -0.309 e. The number of benzene rings is 8. The Labute approximate surface area is 331 Å². The Morgan fingerprint density at radius 1 is 0.379 bits per heavy atom. The molecule has 0 aliphatic carbocycles. The third-order valence-electron chi connectivity index (χ3n) is 11.0. The summed E-state index contributed by atoms with van der Waals surface area (Å²) in [6.45, 7) is 0. The molecule has 0 bridgehead atoms. The number of rotatable bonds is 5. The Kier molecular flexibility index (Phi) is 8.00. The summed E-state index contributed by atoms with van der Waals surface area (Å²) in [6.07, 6.45) is -4.65. The van der Waals surface area contributed by atoms with Crippen molar-refractivity contribution in [1.82, 2.24) is 9.13 Å². The predicted octanol–water partition coefficient (Wildman–Crippen LogP) is 13.6. The Morgan fingerprint density at radius 3 is 1.38 bits per heavy atom. The molecule has 274 valence electrons. The molecular formula is C51H29F3N4. The second kappa shape index (κ2) is 13.4.